The van der Waals surface area contributed by atoms with Gasteiger partial charge < -0.3 is 0 Å². The number of aromatic nitrogens is 4. The molecular formula is C13H13N5O2. The highest BCUT2D eigenvalue weighted by molar-refractivity contribution is 6.21. The Labute approximate surface area is 115 Å². The van der Waals surface area contributed by atoms with Gasteiger partial charge in [-0.25, -0.2) is 4.68 Å². The normalized spacial score (nSPS) is 13.9. The van der Waals surface area contributed by atoms with Crippen LogP contribution in [0.4, 0.5) is 0 Å². The topological polar surface area (TPSA) is 81.0 Å². The van der Waals surface area contributed by atoms with Crippen LogP contribution in [0.5, 0.6) is 0 Å². The van der Waals surface area contributed by atoms with Crippen LogP contribution < -0.4 is 0 Å². The highest BCUT2D eigenvalue weighted by atomic mass is 16.2. The minimum atomic E-state index is -0.201. The van der Waals surface area contributed by atoms with Crippen molar-refractivity contribution in [2.45, 2.75) is 19.4 Å². The van der Waals surface area contributed by atoms with Crippen LogP contribution in [0.1, 0.15) is 33.6 Å². The fourth-order valence-electron chi connectivity index (χ4n) is 2.27. The lowest BCUT2D eigenvalue weighted by Crippen LogP contribution is -2.30. The number of hydrogen-bond acceptors (Lipinski definition) is 5. The Hall–Kier alpha value is -2.57. The minimum absolute atomic E-state index is 0.201. The first-order chi connectivity index (χ1) is 9.77. The lowest BCUT2D eigenvalue weighted by atomic mass is 10.1. The van der Waals surface area contributed by atoms with Gasteiger partial charge in [0.05, 0.1) is 11.1 Å². The number of carbonyl (C=O) groups is 2. The van der Waals surface area contributed by atoms with Gasteiger partial charge in [0.2, 0.25) is 0 Å². The summed E-state index contributed by atoms with van der Waals surface area (Å²) in [7, 11) is 0. The van der Waals surface area contributed by atoms with Crippen molar-refractivity contribution in [2.75, 3.05) is 6.54 Å². The monoisotopic (exact) mass is 271 g/mol. The number of benzene rings is 1. The second kappa shape index (κ2) is 5.20. The lowest BCUT2D eigenvalue weighted by molar-refractivity contribution is 0.0651. The van der Waals surface area contributed by atoms with Gasteiger partial charge in [0, 0.05) is 13.1 Å². The zero-order valence-electron chi connectivity index (χ0n) is 10.8. The molecule has 7 nitrogen and oxygen atoms in total. The van der Waals surface area contributed by atoms with Gasteiger partial charge in [0.15, 0.2) is 0 Å². The first-order valence-electron chi connectivity index (χ1n) is 6.43. The van der Waals surface area contributed by atoms with E-state index in [4.69, 9.17) is 0 Å². The van der Waals surface area contributed by atoms with Crippen molar-refractivity contribution in [2.24, 2.45) is 0 Å². The second-order valence-electron chi connectivity index (χ2n) is 4.59. The zero-order valence-corrected chi connectivity index (χ0v) is 10.8. The summed E-state index contributed by atoms with van der Waals surface area (Å²) < 4.78 is 1.63. The van der Waals surface area contributed by atoms with E-state index in [1.54, 1.807) is 35.3 Å². The summed E-state index contributed by atoms with van der Waals surface area (Å²) in [5.41, 5.74) is 0.996. The maximum Gasteiger partial charge on any atom is 0.261 e. The van der Waals surface area contributed by atoms with Crippen molar-refractivity contribution >= 4 is 11.8 Å². The van der Waals surface area contributed by atoms with Crippen LogP contribution in [0.2, 0.25) is 0 Å². The Kier molecular flexibility index (Phi) is 3.24. The summed E-state index contributed by atoms with van der Waals surface area (Å²) >= 11 is 0. The molecule has 20 heavy (non-hydrogen) atoms. The Balaban J connectivity index is 1.57. The van der Waals surface area contributed by atoms with Gasteiger partial charge in [0.1, 0.15) is 6.33 Å². The first-order valence-corrected chi connectivity index (χ1v) is 6.43. The van der Waals surface area contributed by atoms with Crippen LogP contribution in [0.3, 0.4) is 0 Å². The molecule has 1 aromatic carbocycles. The van der Waals surface area contributed by atoms with Gasteiger partial charge in [-0.1, -0.05) is 12.1 Å². The van der Waals surface area contributed by atoms with Gasteiger partial charge >= 0.3 is 0 Å². The number of tetrazole rings is 1. The van der Waals surface area contributed by atoms with Crippen LogP contribution in [0.15, 0.2) is 30.6 Å². The molecular weight excluding hydrogens is 258 g/mol. The minimum Gasteiger partial charge on any atom is -0.274 e. The molecule has 1 aliphatic rings. The molecule has 0 aliphatic carbocycles. The molecule has 2 heterocycles. The SMILES string of the molecule is O=C1c2ccccc2C(=O)N1CCCCn1cnnn1. The van der Waals surface area contributed by atoms with Crippen LogP contribution in [-0.4, -0.2) is 43.5 Å². The van der Waals surface area contributed by atoms with Crippen molar-refractivity contribution < 1.29 is 9.59 Å². The number of amides is 2. The molecule has 0 atom stereocenters. The Bertz CT molecular complexity index is 603. The molecule has 1 aromatic heterocycles. The zero-order chi connectivity index (χ0) is 13.9. The molecule has 2 amide bonds. The predicted molar refractivity (Wildman–Crippen MR) is 68.9 cm³/mol. The lowest BCUT2D eigenvalue weighted by Gasteiger charge is -2.13. The van der Waals surface area contributed by atoms with E-state index in [0.717, 1.165) is 12.8 Å². The van der Waals surface area contributed by atoms with Gasteiger partial charge in [-0.2, -0.15) is 0 Å². The fourth-order valence-corrected chi connectivity index (χ4v) is 2.27. The molecule has 0 unspecified atom stereocenters. The van der Waals surface area contributed by atoms with E-state index < -0.39 is 0 Å². The highest BCUT2D eigenvalue weighted by Gasteiger charge is 2.34. The largest absolute Gasteiger partial charge is 0.274 e. The predicted octanol–water partition coefficient (Wildman–Crippen LogP) is 0.749. The summed E-state index contributed by atoms with van der Waals surface area (Å²) in [6.45, 7) is 1.10. The van der Waals surface area contributed by atoms with Gasteiger partial charge in [0.25, 0.3) is 11.8 Å². The third-order valence-corrected chi connectivity index (χ3v) is 3.29. The van der Waals surface area contributed by atoms with E-state index >= 15 is 0 Å². The molecule has 1 aliphatic heterocycles. The maximum absolute atomic E-state index is 12.1. The number of aryl methyl sites for hydroxylation is 1. The maximum atomic E-state index is 12.1. The first kappa shape index (κ1) is 12.5. The molecule has 7 heteroatoms. The molecule has 0 saturated carbocycles. The van der Waals surface area contributed by atoms with E-state index in [2.05, 4.69) is 15.5 Å². The van der Waals surface area contributed by atoms with E-state index in [9.17, 15) is 9.59 Å². The molecule has 0 radical (unpaired) electrons. The second-order valence-corrected chi connectivity index (χ2v) is 4.59. The molecule has 0 saturated heterocycles. The number of hydrogen-bond donors (Lipinski definition) is 0. The summed E-state index contributed by atoms with van der Waals surface area (Å²) in [6.07, 6.45) is 3.08. The summed E-state index contributed by atoms with van der Waals surface area (Å²) in [4.78, 5) is 25.5. The quantitative estimate of drug-likeness (QED) is 0.592. The van der Waals surface area contributed by atoms with E-state index in [-0.39, 0.29) is 11.8 Å². The van der Waals surface area contributed by atoms with Gasteiger partial charge in [-0.05, 0) is 35.4 Å². The van der Waals surface area contributed by atoms with Crippen molar-refractivity contribution in [3.63, 3.8) is 0 Å². The van der Waals surface area contributed by atoms with Crippen molar-refractivity contribution in [3.8, 4) is 0 Å². The summed E-state index contributed by atoms with van der Waals surface area (Å²) in [5.74, 6) is -0.402. The fraction of sp³-hybridized carbons (Fsp3) is 0.308. The van der Waals surface area contributed by atoms with E-state index in [1.165, 1.54) is 4.90 Å². The Morgan fingerprint density at radius 1 is 0.950 bits per heavy atom. The molecule has 0 spiro atoms. The third-order valence-electron chi connectivity index (χ3n) is 3.29. The number of imide groups is 1. The van der Waals surface area contributed by atoms with Gasteiger partial charge in [-0.3, -0.25) is 14.5 Å². The van der Waals surface area contributed by atoms with Crippen LogP contribution in [0, 0.1) is 0 Å². The standard InChI is InChI=1S/C13H13N5O2/c19-12-10-5-1-2-6-11(10)13(20)18(12)8-4-3-7-17-9-14-15-16-17/h1-2,5-6,9H,3-4,7-8H2. The van der Waals surface area contributed by atoms with E-state index in [0.29, 0.717) is 24.2 Å². The average Bonchev–Trinajstić information content (AvgIpc) is 3.06. The number of rotatable bonds is 5. The van der Waals surface area contributed by atoms with Crippen LogP contribution >= 0.6 is 0 Å². The Morgan fingerprint density at radius 3 is 2.20 bits per heavy atom. The molecule has 0 N–H and O–H groups in total. The van der Waals surface area contributed by atoms with Crippen molar-refractivity contribution in [1.82, 2.24) is 25.1 Å². The summed E-state index contributed by atoms with van der Waals surface area (Å²) in [6, 6.07) is 6.92. The number of nitrogens with zero attached hydrogens (tertiary/aromatic N) is 5. The van der Waals surface area contributed by atoms with Crippen molar-refractivity contribution in [3.05, 3.63) is 41.7 Å². The van der Waals surface area contributed by atoms with E-state index in [1.807, 2.05) is 0 Å². The molecule has 102 valence electrons. The number of carbonyl (C=O) groups excluding carboxylic acids is 2. The number of fused-ring (bicyclic) bond motifs is 1. The van der Waals surface area contributed by atoms with Crippen LogP contribution in [0.25, 0.3) is 0 Å². The van der Waals surface area contributed by atoms with Gasteiger partial charge in [-0.15, -0.1) is 5.10 Å². The molecule has 0 bridgehead atoms. The summed E-state index contributed by atoms with van der Waals surface area (Å²) in [5, 5.41) is 10.8. The molecule has 0 fully saturated rings. The molecule has 3 rings (SSSR count). The third kappa shape index (κ3) is 2.18. The smallest absolute Gasteiger partial charge is 0.261 e. The highest BCUT2D eigenvalue weighted by Crippen LogP contribution is 2.22. The Morgan fingerprint density at radius 2 is 1.60 bits per heavy atom. The number of unbranched alkanes of at least 4 members (excludes halogenated alkanes) is 1. The van der Waals surface area contributed by atoms with Crippen molar-refractivity contribution in [1.29, 1.82) is 0 Å². The molecule has 2 aromatic rings. The van der Waals surface area contributed by atoms with Crippen LogP contribution in [-0.2, 0) is 6.54 Å². The average molecular weight is 271 g/mol.